The van der Waals surface area contributed by atoms with Gasteiger partial charge >= 0.3 is 6.03 Å². The summed E-state index contributed by atoms with van der Waals surface area (Å²) in [4.78, 5) is 27.7. The zero-order chi connectivity index (χ0) is 20.1. The van der Waals surface area contributed by atoms with Gasteiger partial charge in [0.05, 0.1) is 0 Å². The van der Waals surface area contributed by atoms with E-state index in [2.05, 4.69) is 5.32 Å². The van der Waals surface area contributed by atoms with Crippen LogP contribution in [0.5, 0.6) is 0 Å². The van der Waals surface area contributed by atoms with Gasteiger partial charge in [-0.25, -0.2) is 13.6 Å². The molecule has 0 radical (unpaired) electrons. The molecule has 0 aliphatic carbocycles. The fraction of sp³-hybridized carbons (Fsp3) is 0.300. The van der Waals surface area contributed by atoms with E-state index in [4.69, 9.17) is 4.74 Å². The Balaban J connectivity index is 1.74. The molecule has 2 aromatic rings. The van der Waals surface area contributed by atoms with Crippen LogP contribution in [0.2, 0.25) is 0 Å². The van der Waals surface area contributed by atoms with Crippen molar-refractivity contribution < 1.29 is 23.1 Å². The molecule has 3 amide bonds. The average Bonchev–Trinajstić information content (AvgIpc) is 2.63. The zero-order valence-electron chi connectivity index (χ0n) is 15.5. The number of carbonyl (C=O) groups is 2. The predicted molar refractivity (Wildman–Crippen MR) is 101 cm³/mol. The Bertz CT molecular complexity index is 855. The molecule has 6 nitrogen and oxygen atoms in total. The molecular formula is C20H21F2N3O3. The fourth-order valence-corrected chi connectivity index (χ4v) is 3.17. The van der Waals surface area contributed by atoms with E-state index >= 15 is 0 Å². The molecule has 148 valence electrons. The van der Waals surface area contributed by atoms with Gasteiger partial charge in [0.1, 0.15) is 18.2 Å². The maximum atomic E-state index is 13.4. The lowest BCUT2D eigenvalue weighted by Gasteiger charge is -2.36. The van der Waals surface area contributed by atoms with Crippen molar-refractivity contribution in [2.45, 2.75) is 13.0 Å². The zero-order valence-corrected chi connectivity index (χ0v) is 15.5. The molecule has 0 saturated carbocycles. The van der Waals surface area contributed by atoms with Gasteiger partial charge in [0, 0.05) is 44.2 Å². The number of carbonyl (C=O) groups excluding carboxylic acids is 2. The first-order valence-electron chi connectivity index (χ1n) is 8.86. The van der Waals surface area contributed by atoms with Crippen molar-refractivity contribution in [3.8, 4) is 0 Å². The number of hydrogen-bond donors (Lipinski definition) is 1. The van der Waals surface area contributed by atoms with Crippen molar-refractivity contribution in [3.63, 3.8) is 0 Å². The lowest BCUT2D eigenvalue weighted by molar-refractivity contribution is -0.119. The highest BCUT2D eigenvalue weighted by Gasteiger charge is 2.27. The van der Waals surface area contributed by atoms with E-state index < -0.39 is 11.6 Å². The van der Waals surface area contributed by atoms with Crippen LogP contribution in [-0.2, 0) is 16.1 Å². The van der Waals surface area contributed by atoms with Gasteiger partial charge in [0.2, 0.25) is 5.91 Å². The number of urea groups is 1. The van der Waals surface area contributed by atoms with E-state index in [9.17, 15) is 18.4 Å². The van der Waals surface area contributed by atoms with Gasteiger partial charge in [-0.05, 0) is 42.3 Å². The summed E-state index contributed by atoms with van der Waals surface area (Å²) < 4.78 is 31.6. The summed E-state index contributed by atoms with van der Waals surface area (Å²) in [5, 5.41) is 2.70. The summed E-state index contributed by atoms with van der Waals surface area (Å²) in [6.07, 6.45) is 0.712. The number of nitrogens with one attached hydrogen (secondary N) is 1. The number of anilines is 2. The van der Waals surface area contributed by atoms with Gasteiger partial charge in [0.15, 0.2) is 0 Å². The molecule has 0 atom stereocenters. The molecule has 0 bridgehead atoms. The van der Waals surface area contributed by atoms with E-state index in [1.165, 1.54) is 19.2 Å². The van der Waals surface area contributed by atoms with Crippen LogP contribution in [0.1, 0.15) is 12.0 Å². The van der Waals surface area contributed by atoms with E-state index in [1.54, 1.807) is 34.1 Å². The lowest BCUT2D eigenvalue weighted by atomic mass is 10.1. The lowest BCUT2D eigenvalue weighted by Crippen LogP contribution is -2.49. The molecular weight excluding hydrogens is 368 g/mol. The van der Waals surface area contributed by atoms with Gasteiger partial charge in [-0.3, -0.25) is 9.69 Å². The summed E-state index contributed by atoms with van der Waals surface area (Å²) in [5.41, 5.74) is 1.58. The Hall–Kier alpha value is -3.00. The molecule has 2 aromatic carbocycles. The number of amides is 3. The van der Waals surface area contributed by atoms with E-state index in [0.717, 1.165) is 6.07 Å². The van der Waals surface area contributed by atoms with Crippen molar-refractivity contribution in [1.29, 1.82) is 0 Å². The van der Waals surface area contributed by atoms with E-state index in [1.807, 2.05) is 0 Å². The number of rotatable bonds is 6. The van der Waals surface area contributed by atoms with Crippen molar-refractivity contribution in [2.75, 3.05) is 37.0 Å². The number of halogens is 2. The standard InChI is InChI=1S/C20H21F2N3O3/c1-28-13-19(26)23-17-4-2-5-18(11-17)25-7-3-6-24(20(25)27)12-14-8-15(21)10-16(22)9-14/h2,4-5,8-11H,3,6-7,12-13H2,1H3,(H,23,26). The molecule has 1 heterocycles. The predicted octanol–water partition coefficient (Wildman–Crippen LogP) is 3.38. The van der Waals surface area contributed by atoms with E-state index in [-0.39, 0.29) is 25.1 Å². The third kappa shape index (κ3) is 4.83. The van der Waals surface area contributed by atoms with Crippen molar-refractivity contribution >= 4 is 23.3 Å². The maximum absolute atomic E-state index is 13.4. The summed E-state index contributed by atoms with van der Waals surface area (Å²) in [5.74, 6) is -1.63. The van der Waals surface area contributed by atoms with Crippen molar-refractivity contribution in [2.24, 2.45) is 0 Å². The molecule has 1 fully saturated rings. The highest BCUT2D eigenvalue weighted by atomic mass is 19.1. The third-order valence-corrected chi connectivity index (χ3v) is 4.32. The van der Waals surface area contributed by atoms with Crippen LogP contribution in [0.25, 0.3) is 0 Å². The van der Waals surface area contributed by atoms with Crippen LogP contribution in [0.3, 0.4) is 0 Å². The normalized spacial score (nSPS) is 14.3. The highest BCUT2D eigenvalue weighted by molar-refractivity contribution is 5.95. The number of methoxy groups -OCH3 is 1. The van der Waals surface area contributed by atoms with Gasteiger partial charge in [-0.15, -0.1) is 0 Å². The first-order valence-corrected chi connectivity index (χ1v) is 8.86. The third-order valence-electron chi connectivity index (χ3n) is 4.32. The smallest absolute Gasteiger partial charge is 0.324 e. The monoisotopic (exact) mass is 389 g/mol. The summed E-state index contributed by atoms with van der Waals surface area (Å²) in [6, 6.07) is 9.94. The number of benzene rings is 2. The number of ether oxygens (including phenoxy) is 1. The minimum Gasteiger partial charge on any atom is -0.375 e. The minimum atomic E-state index is -0.671. The first kappa shape index (κ1) is 19.8. The molecule has 0 unspecified atom stereocenters. The Labute approximate surface area is 161 Å². The van der Waals surface area contributed by atoms with Crippen LogP contribution in [-0.4, -0.2) is 43.6 Å². The van der Waals surface area contributed by atoms with Crippen LogP contribution in [0, 0.1) is 11.6 Å². The molecule has 1 aliphatic rings. The molecule has 0 spiro atoms. The SMILES string of the molecule is COCC(=O)Nc1cccc(N2CCCN(Cc3cc(F)cc(F)c3)C2=O)c1. The first-order chi connectivity index (χ1) is 13.5. The second-order valence-corrected chi connectivity index (χ2v) is 6.52. The molecule has 28 heavy (non-hydrogen) atoms. The molecule has 1 N–H and O–H groups in total. The Morgan fingerprint density at radius 1 is 1.14 bits per heavy atom. The van der Waals surface area contributed by atoms with Crippen LogP contribution < -0.4 is 10.2 Å². The van der Waals surface area contributed by atoms with Crippen LogP contribution >= 0.6 is 0 Å². The quantitative estimate of drug-likeness (QED) is 0.824. The van der Waals surface area contributed by atoms with E-state index in [0.29, 0.717) is 36.4 Å². The van der Waals surface area contributed by atoms with Crippen molar-refractivity contribution in [3.05, 3.63) is 59.7 Å². The molecule has 3 rings (SSSR count). The summed E-state index contributed by atoms with van der Waals surface area (Å²) >= 11 is 0. The second kappa shape index (κ2) is 8.79. The average molecular weight is 389 g/mol. The van der Waals surface area contributed by atoms with Crippen LogP contribution in [0.15, 0.2) is 42.5 Å². The molecule has 1 aliphatic heterocycles. The molecule has 1 saturated heterocycles. The van der Waals surface area contributed by atoms with Gasteiger partial charge in [-0.1, -0.05) is 6.07 Å². The summed E-state index contributed by atoms with van der Waals surface area (Å²) in [6.45, 7) is 1.07. The largest absolute Gasteiger partial charge is 0.375 e. The van der Waals surface area contributed by atoms with Gasteiger partial charge in [-0.2, -0.15) is 0 Å². The minimum absolute atomic E-state index is 0.0646. The molecule has 8 heteroatoms. The second-order valence-electron chi connectivity index (χ2n) is 6.52. The number of nitrogens with zero attached hydrogens (tertiary/aromatic N) is 2. The number of hydrogen-bond acceptors (Lipinski definition) is 3. The Morgan fingerprint density at radius 2 is 1.89 bits per heavy atom. The Kier molecular flexibility index (Phi) is 6.20. The van der Waals surface area contributed by atoms with Crippen molar-refractivity contribution in [1.82, 2.24) is 4.90 Å². The topological polar surface area (TPSA) is 61.9 Å². The van der Waals surface area contributed by atoms with Gasteiger partial charge < -0.3 is 15.0 Å². The fourth-order valence-electron chi connectivity index (χ4n) is 3.17. The summed E-state index contributed by atoms with van der Waals surface area (Å²) in [7, 11) is 1.43. The Morgan fingerprint density at radius 3 is 2.61 bits per heavy atom. The van der Waals surface area contributed by atoms with Gasteiger partial charge in [0.25, 0.3) is 0 Å². The molecule has 0 aromatic heterocycles. The highest BCUT2D eigenvalue weighted by Crippen LogP contribution is 2.24. The maximum Gasteiger partial charge on any atom is 0.324 e. The van der Waals surface area contributed by atoms with Crippen LogP contribution in [0.4, 0.5) is 25.0 Å².